The SMILES string of the molecule is COCCn1cc(C(=O)N2CCN(c3ccnc(-c4cnc5ccc(C(F)(F)F)cn45)n3)CC2c2cn[nH]c2)cn1. The molecule has 1 aliphatic heterocycles. The number of carbonyl (C=O) groups excluding carboxylic acids is 1. The monoisotopic (exact) mass is 566 g/mol. The van der Waals surface area contributed by atoms with Crippen molar-refractivity contribution in [2.75, 3.05) is 38.3 Å². The van der Waals surface area contributed by atoms with Gasteiger partial charge < -0.3 is 14.5 Å². The number of imidazole rings is 1. The van der Waals surface area contributed by atoms with E-state index < -0.39 is 11.7 Å². The molecule has 1 atom stereocenters. The maximum absolute atomic E-state index is 13.5. The molecular weight excluding hydrogens is 541 g/mol. The van der Waals surface area contributed by atoms with E-state index in [4.69, 9.17) is 4.74 Å². The zero-order valence-electron chi connectivity index (χ0n) is 21.9. The lowest BCUT2D eigenvalue weighted by Crippen LogP contribution is -2.51. The van der Waals surface area contributed by atoms with Crippen LogP contribution in [0.3, 0.4) is 0 Å². The van der Waals surface area contributed by atoms with Gasteiger partial charge in [0, 0.05) is 57.1 Å². The normalized spacial score (nSPS) is 16.0. The van der Waals surface area contributed by atoms with E-state index in [0.29, 0.717) is 55.5 Å². The number of ether oxygens (including phenoxy) is 1. The van der Waals surface area contributed by atoms with Gasteiger partial charge in [0.15, 0.2) is 5.82 Å². The predicted octanol–water partition coefficient (Wildman–Crippen LogP) is 3.08. The van der Waals surface area contributed by atoms with E-state index in [1.807, 2.05) is 4.90 Å². The highest BCUT2D eigenvalue weighted by atomic mass is 19.4. The molecule has 1 aliphatic rings. The van der Waals surface area contributed by atoms with Crippen LogP contribution in [0.5, 0.6) is 0 Å². The Balaban J connectivity index is 1.27. The number of rotatable bonds is 7. The van der Waals surface area contributed by atoms with Gasteiger partial charge in [-0.3, -0.25) is 19.0 Å². The summed E-state index contributed by atoms with van der Waals surface area (Å²) in [6.07, 6.45) is 6.18. The summed E-state index contributed by atoms with van der Waals surface area (Å²) in [5.74, 6) is 0.648. The number of carbonyl (C=O) groups is 1. The van der Waals surface area contributed by atoms with Gasteiger partial charge in [-0.15, -0.1) is 0 Å². The number of alkyl halides is 3. The standard InChI is InChI=1S/C26H25F3N10O2/c1-41-9-8-37-14-18(12-34-37)25(40)38-7-6-36(16-21(38)17-10-32-33-11-17)23-4-5-30-24(35-23)20-13-31-22-3-2-19(15-39(20)22)26(27,28)29/h2-5,10-15,21H,6-9,16H2,1H3,(H,32,33). The largest absolute Gasteiger partial charge is 0.417 e. The Kier molecular flexibility index (Phi) is 6.86. The van der Waals surface area contributed by atoms with E-state index in [2.05, 4.69) is 30.2 Å². The third kappa shape index (κ3) is 5.23. The van der Waals surface area contributed by atoms with Crippen LogP contribution in [-0.2, 0) is 17.5 Å². The van der Waals surface area contributed by atoms with E-state index in [-0.39, 0.29) is 17.8 Å². The first-order chi connectivity index (χ1) is 19.8. The Morgan fingerprint density at radius 1 is 1.12 bits per heavy atom. The van der Waals surface area contributed by atoms with E-state index in [9.17, 15) is 18.0 Å². The van der Waals surface area contributed by atoms with Crippen LogP contribution in [0.25, 0.3) is 17.2 Å². The summed E-state index contributed by atoms with van der Waals surface area (Å²) in [6, 6.07) is 3.69. The molecule has 5 aromatic heterocycles. The predicted molar refractivity (Wildman–Crippen MR) is 140 cm³/mol. The second-order valence-corrected chi connectivity index (χ2v) is 9.50. The van der Waals surface area contributed by atoms with Crippen LogP contribution in [-0.4, -0.2) is 83.5 Å². The molecule has 0 saturated carbocycles. The summed E-state index contributed by atoms with van der Waals surface area (Å²) >= 11 is 0. The average Bonchev–Trinajstić information content (AvgIpc) is 3.76. The van der Waals surface area contributed by atoms with E-state index >= 15 is 0 Å². The van der Waals surface area contributed by atoms with Gasteiger partial charge in [-0.2, -0.15) is 23.4 Å². The summed E-state index contributed by atoms with van der Waals surface area (Å²) in [7, 11) is 1.60. The van der Waals surface area contributed by atoms with Crippen molar-refractivity contribution in [2.24, 2.45) is 0 Å². The van der Waals surface area contributed by atoms with Gasteiger partial charge in [0.25, 0.3) is 5.91 Å². The van der Waals surface area contributed by atoms with Crippen molar-refractivity contribution in [3.63, 3.8) is 0 Å². The number of fused-ring (bicyclic) bond motifs is 1. The number of nitrogens with zero attached hydrogens (tertiary/aromatic N) is 9. The minimum atomic E-state index is -4.50. The lowest BCUT2D eigenvalue weighted by molar-refractivity contribution is -0.137. The smallest absolute Gasteiger partial charge is 0.383 e. The Morgan fingerprint density at radius 3 is 2.78 bits per heavy atom. The van der Waals surface area contributed by atoms with Crippen LogP contribution in [0.4, 0.5) is 19.0 Å². The molecule has 12 nitrogen and oxygen atoms in total. The van der Waals surface area contributed by atoms with E-state index in [1.54, 1.807) is 53.7 Å². The molecule has 1 unspecified atom stereocenters. The summed E-state index contributed by atoms with van der Waals surface area (Å²) < 4.78 is 48.1. The quantitative estimate of drug-likeness (QED) is 0.319. The Labute approximate surface area is 231 Å². The molecule has 5 aromatic rings. The van der Waals surface area contributed by atoms with Crippen molar-refractivity contribution in [3.05, 3.63) is 78.3 Å². The van der Waals surface area contributed by atoms with Gasteiger partial charge in [-0.25, -0.2) is 15.0 Å². The maximum Gasteiger partial charge on any atom is 0.417 e. The average molecular weight is 567 g/mol. The topological polar surface area (TPSA) is 122 Å². The van der Waals surface area contributed by atoms with Crippen molar-refractivity contribution in [3.8, 4) is 11.5 Å². The number of nitrogens with one attached hydrogen (secondary N) is 1. The summed E-state index contributed by atoms with van der Waals surface area (Å²) in [4.78, 5) is 30.5. The molecule has 1 amide bonds. The van der Waals surface area contributed by atoms with Crippen LogP contribution in [0.1, 0.15) is 27.5 Å². The third-order valence-corrected chi connectivity index (χ3v) is 6.98. The zero-order valence-corrected chi connectivity index (χ0v) is 21.9. The van der Waals surface area contributed by atoms with Crippen molar-refractivity contribution >= 4 is 17.4 Å². The number of H-pyrrole nitrogens is 1. The highest BCUT2D eigenvalue weighted by Crippen LogP contribution is 2.32. The van der Waals surface area contributed by atoms with Crippen molar-refractivity contribution in [1.82, 2.24) is 44.2 Å². The molecular formula is C26H25F3N10O2. The molecule has 212 valence electrons. The molecule has 41 heavy (non-hydrogen) atoms. The summed E-state index contributed by atoms with van der Waals surface area (Å²) in [5, 5.41) is 11.2. The van der Waals surface area contributed by atoms with Crippen molar-refractivity contribution in [1.29, 1.82) is 0 Å². The third-order valence-electron chi connectivity index (χ3n) is 6.98. The van der Waals surface area contributed by atoms with Gasteiger partial charge >= 0.3 is 6.18 Å². The van der Waals surface area contributed by atoms with Crippen molar-refractivity contribution in [2.45, 2.75) is 18.8 Å². The molecule has 0 aromatic carbocycles. The molecule has 1 fully saturated rings. The van der Waals surface area contributed by atoms with E-state index in [1.165, 1.54) is 16.7 Å². The number of amides is 1. The highest BCUT2D eigenvalue weighted by Gasteiger charge is 2.34. The fourth-order valence-electron chi connectivity index (χ4n) is 4.87. The first kappa shape index (κ1) is 26.4. The van der Waals surface area contributed by atoms with Crippen LogP contribution in [0.15, 0.2) is 61.6 Å². The number of hydrogen-bond acceptors (Lipinski definition) is 8. The Morgan fingerprint density at radius 2 is 2.00 bits per heavy atom. The van der Waals surface area contributed by atoms with Gasteiger partial charge in [-0.1, -0.05) is 0 Å². The number of pyridine rings is 1. The molecule has 15 heteroatoms. The van der Waals surface area contributed by atoms with Crippen LogP contribution >= 0.6 is 0 Å². The van der Waals surface area contributed by atoms with Crippen LogP contribution in [0.2, 0.25) is 0 Å². The first-order valence-electron chi connectivity index (χ1n) is 12.8. The van der Waals surface area contributed by atoms with Gasteiger partial charge in [0.05, 0.1) is 48.9 Å². The summed E-state index contributed by atoms with van der Waals surface area (Å²) in [5.41, 5.74) is 1.18. The number of halogens is 3. The summed E-state index contributed by atoms with van der Waals surface area (Å²) in [6.45, 7) is 2.28. The molecule has 0 radical (unpaired) electrons. The fourth-order valence-corrected chi connectivity index (χ4v) is 4.87. The zero-order chi connectivity index (χ0) is 28.6. The molecule has 1 saturated heterocycles. The van der Waals surface area contributed by atoms with Crippen LogP contribution in [0, 0.1) is 0 Å². The van der Waals surface area contributed by atoms with Gasteiger partial charge in [0.2, 0.25) is 0 Å². The second kappa shape index (κ2) is 10.6. The fraction of sp³-hybridized carbons (Fsp3) is 0.308. The van der Waals surface area contributed by atoms with Gasteiger partial charge in [0.1, 0.15) is 17.2 Å². The number of aromatic nitrogens is 8. The lowest BCUT2D eigenvalue weighted by Gasteiger charge is -2.41. The minimum Gasteiger partial charge on any atom is -0.383 e. The number of methoxy groups -OCH3 is 1. The minimum absolute atomic E-state index is 0.158. The molecule has 0 spiro atoms. The van der Waals surface area contributed by atoms with Gasteiger partial charge in [-0.05, 0) is 18.2 Å². The van der Waals surface area contributed by atoms with Crippen molar-refractivity contribution < 1.29 is 22.7 Å². The molecule has 6 heterocycles. The maximum atomic E-state index is 13.5. The van der Waals surface area contributed by atoms with Crippen LogP contribution < -0.4 is 4.90 Å². The number of hydrogen-bond donors (Lipinski definition) is 1. The number of piperazine rings is 1. The molecule has 0 bridgehead atoms. The Bertz CT molecular complexity index is 1660. The molecule has 0 aliphatic carbocycles. The number of aromatic amines is 1. The number of anilines is 1. The first-order valence-corrected chi connectivity index (χ1v) is 12.8. The Hall–Kier alpha value is -4.79. The highest BCUT2D eigenvalue weighted by molar-refractivity contribution is 5.94. The lowest BCUT2D eigenvalue weighted by atomic mass is 10.0. The molecule has 6 rings (SSSR count). The molecule has 1 N–H and O–H groups in total. The second-order valence-electron chi connectivity index (χ2n) is 9.50. The van der Waals surface area contributed by atoms with E-state index in [0.717, 1.165) is 17.8 Å².